The molecule has 1 unspecified atom stereocenters. The van der Waals surface area contributed by atoms with E-state index in [1.54, 1.807) is 12.3 Å². The van der Waals surface area contributed by atoms with E-state index in [1.807, 2.05) is 30.9 Å². The van der Waals surface area contributed by atoms with E-state index in [1.165, 1.54) is 0 Å². The minimum atomic E-state index is -0.564. The SMILES string of the molecule is Cc1cc(C(=O)N2CCN(CC(O)COCc3ccco3)CC2)c(C)o1. The third-order valence-corrected chi connectivity index (χ3v) is 4.53. The zero-order valence-corrected chi connectivity index (χ0v) is 15.3. The standard InChI is InChI=1S/C19H26N2O5/c1-14-10-18(15(2)26-14)19(23)21-7-5-20(6-8-21)11-16(22)12-24-13-17-4-3-9-25-17/h3-4,9-10,16,22H,5-8,11-13H2,1-2H3. The molecule has 1 aliphatic heterocycles. The summed E-state index contributed by atoms with van der Waals surface area (Å²) in [6, 6.07) is 5.44. The molecule has 0 saturated carbocycles. The van der Waals surface area contributed by atoms with Crippen LogP contribution in [-0.2, 0) is 11.3 Å². The molecule has 0 aromatic carbocycles. The maximum atomic E-state index is 12.6. The number of hydrogen-bond donors (Lipinski definition) is 1. The molecule has 0 radical (unpaired) electrons. The van der Waals surface area contributed by atoms with Gasteiger partial charge in [-0.3, -0.25) is 9.69 Å². The van der Waals surface area contributed by atoms with E-state index >= 15 is 0 Å². The van der Waals surface area contributed by atoms with Gasteiger partial charge in [0.2, 0.25) is 0 Å². The van der Waals surface area contributed by atoms with E-state index in [0.29, 0.717) is 37.6 Å². The van der Waals surface area contributed by atoms with E-state index in [9.17, 15) is 9.90 Å². The van der Waals surface area contributed by atoms with E-state index < -0.39 is 6.10 Å². The second kappa shape index (κ2) is 8.53. The molecule has 3 rings (SSSR count). The Labute approximate surface area is 153 Å². The van der Waals surface area contributed by atoms with Gasteiger partial charge in [-0.25, -0.2) is 0 Å². The van der Waals surface area contributed by atoms with Crippen LogP contribution < -0.4 is 0 Å². The molecule has 3 heterocycles. The molecule has 0 aliphatic carbocycles. The lowest BCUT2D eigenvalue weighted by Gasteiger charge is -2.35. The zero-order chi connectivity index (χ0) is 18.5. The number of aliphatic hydroxyl groups is 1. The molecule has 142 valence electrons. The molecule has 1 aliphatic rings. The van der Waals surface area contributed by atoms with Crippen LogP contribution >= 0.6 is 0 Å². The summed E-state index contributed by atoms with van der Waals surface area (Å²) in [7, 11) is 0. The van der Waals surface area contributed by atoms with Gasteiger partial charge in [0, 0.05) is 32.7 Å². The van der Waals surface area contributed by atoms with Gasteiger partial charge in [-0.15, -0.1) is 0 Å². The van der Waals surface area contributed by atoms with Crippen molar-refractivity contribution in [1.29, 1.82) is 0 Å². The number of rotatable bonds is 7. The first-order valence-corrected chi connectivity index (χ1v) is 8.90. The number of furan rings is 2. The van der Waals surface area contributed by atoms with Crippen LogP contribution in [0.25, 0.3) is 0 Å². The topological polar surface area (TPSA) is 79.3 Å². The Morgan fingerprint density at radius 3 is 2.69 bits per heavy atom. The number of ether oxygens (including phenoxy) is 1. The van der Waals surface area contributed by atoms with Gasteiger partial charge in [0.25, 0.3) is 5.91 Å². The molecule has 2 aromatic rings. The lowest BCUT2D eigenvalue weighted by Crippen LogP contribution is -2.50. The molecule has 7 heteroatoms. The average molecular weight is 362 g/mol. The van der Waals surface area contributed by atoms with E-state index in [2.05, 4.69) is 4.90 Å². The smallest absolute Gasteiger partial charge is 0.257 e. The van der Waals surface area contributed by atoms with Crippen molar-refractivity contribution in [3.05, 3.63) is 47.3 Å². The maximum Gasteiger partial charge on any atom is 0.257 e. The number of nitrogens with zero attached hydrogens (tertiary/aromatic N) is 2. The molecule has 1 saturated heterocycles. The van der Waals surface area contributed by atoms with Crippen LogP contribution in [0.15, 0.2) is 33.3 Å². The van der Waals surface area contributed by atoms with Gasteiger partial charge >= 0.3 is 0 Å². The summed E-state index contributed by atoms with van der Waals surface area (Å²) in [6.07, 6.45) is 1.04. The first kappa shape index (κ1) is 18.7. The van der Waals surface area contributed by atoms with Crippen LogP contribution in [0.5, 0.6) is 0 Å². The number of carbonyl (C=O) groups excluding carboxylic acids is 1. The fraction of sp³-hybridized carbons (Fsp3) is 0.526. The summed E-state index contributed by atoms with van der Waals surface area (Å²) < 4.78 is 16.1. The molecular weight excluding hydrogens is 336 g/mol. The van der Waals surface area contributed by atoms with Crippen molar-refractivity contribution in [2.75, 3.05) is 39.3 Å². The number of amides is 1. The summed E-state index contributed by atoms with van der Waals surface area (Å²) >= 11 is 0. The van der Waals surface area contributed by atoms with E-state index in [4.69, 9.17) is 13.6 Å². The van der Waals surface area contributed by atoms with Gasteiger partial charge in [0.05, 0.1) is 24.5 Å². The third-order valence-electron chi connectivity index (χ3n) is 4.53. The molecule has 1 fully saturated rings. The average Bonchev–Trinajstić information content (AvgIpc) is 3.24. The number of hydrogen-bond acceptors (Lipinski definition) is 6. The lowest BCUT2D eigenvalue weighted by molar-refractivity contribution is -0.00188. The van der Waals surface area contributed by atoms with Crippen molar-refractivity contribution in [2.24, 2.45) is 0 Å². The fourth-order valence-corrected chi connectivity index (χ4v) is 3.19. The number of piperazine rings is 1. The summed E-state index contributed by atoms with van der Waals surface area (Å²) in [4.78, 5) is 16.6. The molecule has 0 bridgehead atoms. The highest BCUT2D eigenvalue weighted by atomic mass is 16.5. The van der Waals surface area contributed by atoms with Crippen molar-refractivity contribution >= 4 is 5.91 Å². The molecule has 1 amide bonds. The van der Waals surface area contributed by atoms with Crippen LogP contribution in [0.2, 0.25) is 0 Å². The van der Waals surface area contributed by atoms with Crippen LogP contribution in [0, 0.1) is 13.8 Å². The Kier molecular flexibility index (Phi) is 6.13. The van der Waals surface area contributed by atoms with Gasteiger partial charge < -0.3 is 23.6 Å². The molecule has 0 spiro atoms. The van der Waals surface area contributed by atoms with Crippen LogP contribution in [0.4, 0.5) is 0 Å². The van der Waals surface area contributed by atoms with Crippen molar-refractivity contribution in [3.63, 3.8) is 0 Å². The summed E-state index contributed by atoms with van der Waals surface area (Å²) in [6.45, 7) is 7.55. The second-order valence-electron chi connectivity index (χ2n) is 6.67. The minimum Gasteiger partial charge on any atom is -0.467 e. The minimum absolute atomic E-state index is 0.0151. The third kappa shape index (κ3) is 4.75. The number of β-amino-alcohol motifs (C(OH)–C–C–N with tert-alkyl or cyclic N) is 1. The van der Waals surface area contributed by atoms with Crippen molar-refractivity contribution in [3.8, 4) is 0 Å². The lowest BCUT2D eigenvalue weighted by atomic mass is 10.2. The first-order chi connectivity index (χ1) is 12.5. The van der Waals surface area contributed by atoms with Gasteiger partial charge in [0.1, 0.15) is 23.9 Å². The van der Waals surface area contributed by atoms with Gasteiger partial charge in [-0.05, 0) is 32.0 Å². The summed E-state index contributed by atoms with van der Waals surface area (Å²) in [5.41, 5.74) is 0.641. The van der Waals surface area contributed by atoms with Crippen molar-refractivity contribution < 1.29 is 23.5 Å². The molecule has 1 N–H and O–H groups in total. The predicted molar refractivity (Wildman–Crippen MR) is 94.9 cm³/mol. The Balaban J connectivity index is 1.39. The Bertz CT molecular complexity index is 702. The summed E-state index contributed by atoms with van der Waals surface area (Å²) in [5.74, 6) is 2.18. The van der Waals surface area contributed by atoms with E-state index in [-0.39, 0.29) is 12.5 Å². The van der Waals surface area contributed by atoms with Crippen LogP contribution in [-0.4, -0.2) is 66.2 Å². The fourth-order valence-electron chi connectivity index (χ4n) is 3.19. The highest BCUT2D eigenvalue weighted by Crippen LogP contribution is 2.17. The first-order valence-electron chi connectivity index (χ1n) is 8.90. The normalized spacial score (nSPS) is 16.8. The molecule has 2 aromatic heterocycles. The van der Waals surface area contributed by atoms with Gasteiger partial charge in [-0.2, -0.15) is 0 Å². The molecular formula is C19H26N2O5. The Hall–Kier alpha value is -2.09. The molecule has 7 nitrogen and oxygen atoms in total. The van der Waals surface area contributed by atoms with Crippen molar-refractivity contribution in [1.82, 2.24) is 9.80 Å². The molecule has 26 heavy (non-hydrogen) atoms. The van der Waals surface area contributed by atoms with E-state index in [0.717, 1.165) is 24.6 Å². The summed E-state index contributed by atoms with van der Waals surface area (Å²) in [5, 5.41) is 10.1. The van der Waals surface area contributed by atoms with Gasteiger partial charge in [0.15, 0.2) is 0 Å². The Morgan fingerprint density at radius 2 is 2.08 bits per heavy atom. The van der Waals surface area contributed by atoms with Crippen LogP contribution in [0.1, 0.15) is 27.6 Å². The zero-order valence-electron chi connectivity index (χ0n) is 15.3. The van der Waals surface area contributed by atoms with Crippen LogP contribution in [0.3, 0.4) is 0 Å². The highest BCUT2D eigenvalue weighted by Gasteiger charge is 2.25. The quantitative estimate of drug-likeness (QED) is 0.809. The second-order valence-corrected chi connectivity index (χ2v) is 6.67. The van der Waals surface area contributed by atoms with Crippen molar-refractivity contribution in [2.45, 2.75) is 26.6 Å². The largest absolute Gasteiger partial charge is 0.467 e. The predicted octanol–water partition coefficient (Wildman–Crippen LogP) is 1.82. The maximum absolute atomic E-state index is 12.6. The monoisotopic (exact) mass is 362 g/mol. The number of aliphatic hydroxyl groups excluding tert-OH is 1. The highest BCUT2D eigenvalue weighted by molar-refractivity contribution is 5.95. The number of aryl methyl sites for hydroxylation is 2. The number of carbonyl (C=O) groups is 1. The van der Waals surface area contributed by atoms with Gasteiger partial charge in [-0.1, -0.05) is 0 Å². The molecule has 1 atom stereocenters. The Morgan fingerprint density at radius 1 is 1.31 bits per heavy atom.